The summed E-state index contributed by atoms with van der Waals surface area (Å²) in [6.45, 7) is 9.03. The minimum absolute atomic E-state index is 0.00288. The highest BCUT2D eigenvalue weighted by Crippen LogP contribution is 2.39. The Balaban J connectivity index is 1.43. The quantitative estimate of drug-likeness (QED) is 0.585. The van der Waals surface area contributed by atoms with E-state index in [0.717, 1.165) is 11.3 Å². The highest BCUT2D eigenvalue weighted by molar-refractivity contribution is 5.50. The van der Waals surface area contributed by atoms with Gasteiger partial charge in [-0.3, -0.25) is 5.10 Å². The molecular weight excluding hydrogens is 328 g/mol. The normalized spacial score (nSPS) is 14.5. The van der Waals surface area contributed by atoms with Crippen LogP contribution in [0.25, 0.3) is 4.85 Å². The third kappa shape index (κ3) is 3.62. The maximum absolute atomic E-state index is 7.01. The van der Waals surface area contributed by atoms with Crippen molar-refractivity contribution in [2.45, 2.75) is 31.7 Å². The number of anilines is 3. The Hall–Kier alpha value is -3.47. The van der Waals surface area contributed by atoms with Crippen molar-refractivity contribution in [1.29, 1.82) is 0 Å². The lowest BCUT2D eigenvalue weighted by Crippen LogP contribution is -2.10. The standard InChI is InChI=1S/C18H18N8/c1-11(12-5-7-14(19-2)8-6-12)22-17-20-10-21-18(24-17)23-16-9-15(25-26-16)13-3-4-13/h5-11,13H,3-4H2,1H3,(H3,20,21,22,23,24,25,26). The molecule has 1 aromatic carbocycles. The molecule has 1 fully saturated rings. The molecular formula is C18H18N8. The van der Waals surface area contributed by atoms with Crippen LogP contribution in [0.2, 0.25) is 0 Å². The van der Waals surface area contributed by atoms with Gasteiger partial charge in [0.25, 0.3) is 0 Å². The first-order valence-electron chi connectivity index (χ1n) is 8.46. The molecule has 4 rings (SSSR count). The highest BCUT2D eigenvalue weighted by atomic mass is 15.3. The molecule has 8 nitrogen and oxygen atoms in total. The van der Waals surface area contributed by atoms with Crippen LogP contribution in [0.4, 0.5) is 23.4 Å². The molecule has 1 aliphatic carbocycles. The summed E-state index contributed by atoms with van der Waals surface area (Å²) >= 11 is 0. The second kappa shape index (κ2) is 6.80. The van der Waals surface area contributed by atoms with Gasteiger partial charge in [-0.1, -0.05) is 24.3 Å². The maximum Gasteiger partial charge on any atom is 0.233 e. The van der Waals surface area contributed by atoms with Crippen LogP contribution < -0.4 is 10.6 Å². The topological polar surface area (TPSA) is 95.8 Å². The zero-order valence-corrected chi connectivity index (χ0v) is 14.3. The van der Waals surface area contributed by atoms with Crippen LogP contribution in [0.5, 0.6) is 0 Å². The average molecular weight is 346 g/mol. The highest BCUT2D eigenvalue weighted by Gasteiger charge is 2.25. The average Bonchev–Trinajstić information content (AvgIpc) is 3.42. The number of aromatic nitrogens is 5. The maximum atomic E-state index is 7.01. The largest absolute Gasteiger partial charge is 0.348 e. The Kier molecular flexibility index (Phi) is 4.19. The molecule has 1 atom stereocenters. The van der Waals surface area contributed by atoms with Gasteiger partial charge < -0.3 is 10.6 Å². The number of rotatable bonds is 6. The van der Waals surface area contributed by atoms with Gasteiger partial charge in [0.05, 0.1) is 12.6 Å². The van der Waals surface area contributed by atoms with Crippen molar-refractivity contribution in [3.63, 3.8) is 0 Å². The van der Waals surface area contributed by atoms with Crippen molar-refractivity contribution >= 4 is 23.4 Å². The van der Waals surface area contributed by atoms with Gasteiger partial charge in [0.2, 0.25) is 11.9 Å². The number of hydrogen-bond donors (Lipinski definition) is 3. The lowest BCUT2D eigenvalue weighted by molar-refractivity contribution is 0.855. The van der Waals surface area contributed by atoms with Crippen LogP contribution in [0.15, 0.2) is 36.7 Å². The van der Waals surface area contributed by atoms with Crippen LogP contribution in [-0.4, -0.2) is 25.1 Å². The van der Waals surface area contributed by atoms with Gasteiger partial charge in [0.1, 0.15) is 6.33 Å². The molecule has 0 spiro atoms. The van der Waals surface area contributed by atoms with Crippen LogP contribution in [0.1, 0.15) is 43.0 Å². The lowest BCUT2D eigenvalue weighted by Gasteiger charge is -2.14. The van der Waals surface area contributed by atoms with E-state index in [0.29, 0.717) is 29.3 Å². The van der Waals surface area contributed by atoms with E-state index in [-0.39, 0.29) is 6.04 Å². The molecule has 3 N–H and O–H groups in total. The smallest absolute Gasteiger partial charge is 0.233 e. The number of benzene rings is 1. The van der Waals surface area contributed by atoms with Crippen molar-refractivity contribution in [2.24, 2.45) is 0 Å². The van der Waals surface area contributed by atoms with Gasteiger partial charge in [-0.05, 0) is 25.3 Å². The van der Waals surface area contributed by atoms with Crippen LogP contribution in [0, 0.1) is 6.57 Å². The number of aromatic amines is 1. The molecule has 1 unspecified atom stereocenters. The van der Waals surface area contributed by atoms with Gasteiger partial charge >= 0.3 is 0 Å². The predicted octanol–water partition coefficient (Wildman–Crippen LogP) is 3.94. The van der Waals surface area contributed by atoms with E-state index in [2.05, 4.69) is 40.6 Å². The molecule has 26 heavy (non-hydrogen) atoms. The van der Waals surface area contributed by atoms with Gasteiger partial charge in [-0.25, -0.2) is 14.8 Å². The van der Waals surface area contributed by atoms with E-state index in [1.807, 2.05) is 25.1 Å². The van der Waals surface area contributed by atoms with E-state index >= 15 is 0 Å². The van der Waals surface area contributed by atoms with Crippen molar-refractivity contribution in [1.82, 2.24) is 25.1 Å². The third-order valence-electron chi connectivity index (χ3n) is 4.29. The molecule has 2 heterocycles. The van der Waals surface area contributed by atoms with E-state index < -0.39 is 0 Å². The number of nitrogens with one attached hydrogen (secondary N) is 3. The summed E-state index contributed by atoms with van der Waals surface area (Å²) in [5.41, 5.74) is 2.82. The van der Waals surface area contributed by atoms with Gasteiger partial charge in [0, 0.05) is 17.7 Å². The van der Waals surface area contributed by atoms with Gasteiger partial charge in [-0.2, -0.15) is 10.1 Å². The number of H-pyrrole nitrogens is 1. The Morgan fingerprint density at radius 3 is 2.69 bits per heavy atom. The van der Waals surface area contributed by atoms with E-state index in [1.54, 1.807) is 12.1 Å². The summed E-state index contributed by atoms with van der Waals surface area (Å²) in [6, 6.07) is 9.45. The van der Waals surface area contributed by atoms with Crippen molar-refractivity contribution in [3.8, 4) is 0 Å². The van der Waals surface area contributed by atoms with Crippen molar-refractivity contribution in [2.75, 3.05) is 10.6 Å². The molecule has 1 saturated carbocycles. The first-order valence-corrected chi connectivity index (χ1v) is 8.46. The molecule has 0 aliphatic heterocycles. The lowest BCUT2D eigenvalue weighted by atomic mass is 10.1. The van der Waals surface area contributed by atoms with Crippen molar-refractivity contribution in [3.05, 3.63) is 59.3 Å². The molecule has 1 aliphatic rings. The second-order valence-electron chi connectivity index (χ2n) is 6.31. The van der Waals surface area contributed by atoms with Crippen LogP contribution in [0.3, 0.4) is 0 Å². The fourth-order valence-electron chi connectivity index (χ4n) is 2.66. The van der Waals surface area contributed by atoms with Gasteiger partial charge in [-0.15, -0.1) is 0 Å². The summed E-state index contributed by atoms with van der Waals surface area (Å²) in [5, 5.41) is 13.6. The molecule has 0 bridgehead atoms. The summed E-state index contributed by atoms with van der Waals surface area (Å²) in [6.07, 6.45) is 3.90. The molecule has 0 amide bonds. The third-order valence-corrected chi connectivity index (χ3v) is 4.29. The zero-order chi connectivity index (χ0) is 17.9. The summed E-state index contributed by atoms with van der Waals surface area (Å²) in [5.74, 6) is 2.23. The zero-order valence-electron chi connectivity index (χ0n) is 14.3. The van der Waals surface area contributed by atoms with Crippen LogP contribution in [-0.2, 0) is 0 Å². The van der Waals surface area contributed by atoms with Crippen molar-refractivity contribution < 1.29 is 0 Å². The number of hydrogen-bond acceptors (Lipinski definition) is 6. The van der Waals surface area contributed by atoms with E-state index in [1.165, 1.54) is 19.2 Å². The molecule has 0 radical (unpaired) electrons. The summed E-state index contributed by atoms with van der Waals surface area (Å²) < 4.78 is 0. The Labute approximate surface area is 150 Å². The second-order valence-corrected chi connectivity index (χ2v) is 6.31. The minimum atomic E-state index is -0.00288. The Morgan fingerprint density at radius 1 is 1.19 bits per heavy atom. The SMILES string of the molecule is [C-]#[N+]c1ccc(C(C)Nc2ncnc(Nc3cc(C4CC4)[nH]n3)n2)cc1. The molecule has 130 valence electrons. The molecule has 0 saturated heterocycles. The Morgan fingerprint density at radius 2 is 1.96 bits per heavy atom. The minimum Gasteiger partial charge on any atom is -0.348 e. The van der Waals surface area contributed by atoms with E-state index in [4.69, 9.17) is 6.57 Å². The molecule has 8 heteroatoms. The first-order chi connectivity index (χ1) is 12.7. The predicted molar refractivity (Wildman–Crippen MR) is 98.4 cm³/mol. The fourth-order valence-corrected chi connectivity index (χ4v) is 2.66. The summed E-state index contributed by atoms with van der Waals surface area (Å²) in [4.78, 5) is 16.1. The molecule has 2 aromatic heterocycles. The summed E-state index contributed by atoms with van der Waals surface area (Å²) in [7, 11) is 0. The number of nitrogens with zero attached hydrogens (tertiary/aromatic N) is 5. The van der Waals surface area contributed by atoms with Gasteiger partial charge in [0.15, 0.2) is 11.5 Å². The van der Waals surface area contributed by atoms with E-state index in [9.17, 15) is 0 Å². The molecule has 3 aromatic rings. The fraction of sp³-hybridized carbons (Fsp3) is 0.278. The Bertz CT molecular complexity index is 936. The van der Waals surface area contributed by atoms with Crippen LogP contribution >= 0.6 is 0 Å². The monoisotopic (exact) mass is 346 g/mol. The first kappa shape index (κ1) is 16.0.